The number of nitrogens with one attached hydrogen (secondary N) is 1. The number of hydrogen-bond acceptors (Lipinski definition) is 3. The maximum absolute atomic E-state index is 12.3. The maximum atomic E-state index is 12.3. The summed E-state index contributed by atoms with van der Waals surface area (Å²) < 4.78 is 6.41. The average Bonchev–Trinajstić information content (AvgIpc) is 2.80. The van der Waals surface area contributed by atoms with Crippen LogP contribution in [0.3, 0.4) is 0 Å². The summed E-state index contributed by atoms with van der Waals surface area (Å²) in [6, 6.07) is 5.55. The zero-order valence-electron chi connectivity index (χ0n) is 12.7. The second-order valence-corrected chi connectivity index (χ2v) is 6.86. The second kappa shape index (κ2) is 6.12. The fraction of sp³-hybridized carbons (Fsp3) is 0.375. The third-order valence-corrected chi connectivity index (χ3v) is 3.94. The Balaban J connectivity index is 2.19. The lowest BCUT2D eigenvalue weighted by Crippen LogP contribution is -2.43. The highest BCUT2D eigenvalue weighted by Gasteiger charge is 2.24. The zero-order valence-corrected chi connectivity index (χ0v) is 14.3. The molecule has 0 bridgehead atoms. The molecule has 0 saturated carbocycles. The number of benzene rings is 1. The third kappa shape index (κ3) is 3.88. The van der Waals surface area contributed by atoms with Crippen molar-refractivity contribution in [3.05, 3.63) is 34.0 Å². The first-order chi connectivity index (χ1) is 10.2. The quantitative estimate of drug-likeness (QED) is 0.840. The van der Waals surface area contributed by atoms with E-state index >= 15 is 0 Å². The Labute approximate surface area is 136 Å². The van der Waals surface area contributed by atoms with E-state index in [1.165, 1.54) is 0 Å². The number of halogens is 1. The molecule has 0 aliphatic rings. The van der Waals surface area contributed by atoms with E-state index in [4.69, 9.17) is 9.52 Å². The Bertz CT molecular complexity index is 733. The van der Waals surface area contributed by atoms with Crippen LogP contribution in [-0.2, 0) is 4.79 Å². The number of aryl methyl sites for hydroxylation is 1. The molecule has 0 unspecified atom stereocenters. The van der Waals surface area contributed by atoms with Gasteiger partial charge in [-0.1, -0.05) is 0 Å². The molecular weight excluding hydrogens is 350 g/mol. The lowest BCUT2D eigenvalue weighted by Gasteiger charge is -2.24. The molecule has 2 N–H and O–H groups in total. The second-order valence-electron chi connectivity index (χ2n) is 6.01. The normalized spacial score (nSPS) is 11.6. The summed E-state index contributed by atoms with van der Waals surface area (Å²) in [5, 5.41) is 12.4. The lowest BCUT2D eigenvalue weighted by atomic mass is 9.98. The number of amides is 1. The van der Waals surface area contributed by atoms with Crippen molar-refractivity contribution in [1.29, 1.82) is 0 Å². The molecular formula is C16H18BrNO4. The zero-order chi connectivity index (χ0) is 16.5. The van der Waals surface area contributed by atoms with Gasteiger partial charge in [-0.2, -0.15) is 0 Å². The molecule has 0 radical (unpaired) electrons. The Morgan fingerprint density at radius 3 is 2.64 bits per heavy atom. The predicted octanol–water partition coefficient (Wildman–Crippen LogP) is 3.88. The first kappa shape index (κ1) is 16.5. The SMILES string of the molecule is Cc1cc(Br)c2oc(C(=O)NC(C)(C)CCC(=O)O)cc2c1. The molecule has 0 aliphatic carbocycles. The molecule has 0 saturated heterocycles. The van der Waals surface area contributed by atoms with E-state index in [-0.39, 0.29) is 18.1 Å². The van der Waals surface area contributed by atoms with Crippen LogP contribution >= 0.6 is 15.9 Å². The number of carboxylic acid groups (broad SMARTS) is 1. The number of carbonyl (C=O) groups excluding carboxylic acids is 1. The molecule has 1 heterocycles. The Morgan fingerprint density at radius 1 is 1.32 bits per heavy atom. The van der Waals surface area contributed by atoms with Crippen LogP contribution in [0.5, 0.6) is 0 Å². The molecule has 2 rings (SSSR count). The summed E-state index contributed by atoms with van der Waals surface area (Å²) in [5.41, 5.74) is 1.06. The molecule has 0 fully saturated rings. The lowest BCUT2D eigenvalue weighted by molar-refractivity contribution is -0.137. The molecule has 118 valence electrons. The molecule has 1 amide bonds. The van der Waals surface area contributed by atoms with Crippen LogP contribution in [0.1, 0.15) is 42.8 Å². The van der Waals surface area contributed by atoms with E-state index < -0.39 is 11.5 Å². The number of carbonyl (C=O) groups is 2. The number of hydrogen-bond donors (Lipinski definition) is 2. The molecule has 6 heteroatoms. The largest absolute Gasteiger partial charge is 0.481 e. The summed E-state index contributed by atoms with van der Waals surface area (Å²) in [7, 11) is 0. The third-order valence-electron chi connectivity index (χ3n) is 3.35. The van der Waals surface area contributed by atoms with Gasteiger partial charge in [0.25, 0.3) is 5.91 Å². The van der Waals surface area contributed by atoms with Crippen LogP contribution in [-0.4, -0.2) is 22.5 Å². The summed E-state index contributed by atoms with van der Waals surface area (Å²) in [4.78, 5) is 23.0. The Hall–Kier alpha value is -1.82. The smallest absolute Gasteiger partial charge is 0.303 e. The number of rotatable bonds is 5. The van der Waals surface area contributed by atoms with E-state index in [0.717, 1.165) is 15.4 Å². The van der Waals surface area contributed by atoms with Crippen molar-refractivity contribution < 1.29 is 19.1 Å². The fourth-order valence-electron chi connectivity index (χ4n) is 2.21. The molecule has 1 aromatic heterocycles. The van der Waals surface area contributed by atoms with Crippen LogP contribution in [0.25, 0.3) is 11.0 Å². The van der Waals surface area contributed by atoms with Crippen LogP contribution in [0.2, 0.25) is 0 Å². The van der Waals surface area contributed by atoms with E-state index in [2.05, 4.69) is 21.2 Å². The molecule has 5 nitrogen and oxygen atoms in total. The van der Waals surface area contributed by atoms with Crippen molar-refractivity contribution in [3.63, 3.8) is 0 Å². The van der Waals surface area contributed by atoms with Crippen LogP contribution in [0.4, 0.5) is 0 Å². The molecule has 0 spiro atoms. The highest BCUT2D eigenvalue weighted by Crippen LogP contribution is 2.29. The molecule has 22 heavy (non-hydrogen) atoms. The van der Waals surface area contributed by atoms with Gasteiger partial charge in [0.1, 0.15) is 5.58 Å². The van der Waals surface area contributed by atoms with Crippen LogP contribution in [0, 0.1) is 6.92 Å². The Kier molecular flexibility index (Phi) is 4.60. The summed E-state index contributed by atoms with van der Waals surface area (Å²) in [6.45, 7) is 5.54. The number of furan rings is 1. The van der Waals surface area contributed by atoms with Gasteiger partial charge in [-0.15, -0.1) is 0 Å². The predicted molar refractivity (Wildman–Crippen MR) is 87.1 cm³/mol. The number of carboxylic acids is 1. The van der Waals surface area contributed by atoms with Crippen LogP contribution < -0.4 is 5.32 Å². The van der Waals surface area contributed by atoms with Crippen LogP contribution in [0.15, 0.2) is 27.1 Å². The number of aliphatic carboxylic acids is 1. The molecule has 1 aromatic carbocycles. The van der Waals surface area contributed by atoms with Crippen molar-refractivity contribution in [3.8, 4) is 0 Å². The van der Waals surface area contributed by atoms with Crippen molar-refractivity contribution in [2.45, 2.75) is 39.2 Å². The van der Waals surface area contributed by atoms with E-state index in [0.29, 0.717) is 12.0 Å². The summed E-state index contributed by atoms with van der Waals surface area (Å²) in [6.07, 6.45) is 0.343. The fourth-order valence-corrected chi connectivity index (χ4v) is 2.89. The van der Waals surface area contributed by atoms with Gasteiger partial charge < -0.3 is 14.8 Å². The minimum Gasteiger partial charge on any atom is -0.481 e. The van der Waals surface area contributed by atoms with Gasteiger partial charge in [-0.25, -0.2) is 0 Å². The molecule has 2 aromatic rings. The Morgan fingerprint density at radius 2 is 2.00 bits per heavy atom. The van der Waals surface area contributed by atoms with Gasteiger partial charge in [0.15, 0.2) is 5.76 Å². The topological polar surface area (TPSA) is 79.5 Å². The molecule has 0 aliphatic heterocycles. The first-order valence-corrected chi connectivity index (χ1v) is 7.71. The minimum absolute atomic E-state index is 0.00183. The van der Waals surface area contributed by atoms with Gasteiger partial charge in [0.2, 0.25) is 0 Å². The highest BCUT2D eigenvalue weighted by molar-refractivity contribution is 9.10. The first-order valence-electron chi connectivity index (χ1n) is 6.92. The van der Waals surface area contributed by atoms with Gasteiger partial charge >= 0.3 is 5.97 Å². The van der Waals surface area contributed by atoms with E-state index in [9.17, 15) is 9.59 Å². The van der Waals surface area contributed by atoms with Gasteiger partial charge in [-0.05, 0) is 66.9 Å². The summed E-state index contributed by atoms with van der Waals surface area (Å²) in [5.74, 6) is -1.02. The van der Waals surface area contributed by atoms with Crippen molar-refractivity contribution >= 4 is 38.8 Å². The standard InChI is InChI=1S/C16H18BrNO4/c1-9-6-10-8-12(22-14(10)11(17)7-9)15(21)18-16(2,3)5-4-13(19)20/h6-8H,4-5H2,1-3H3,(H,18,21)(H,19,20). The number of fused-ring (bicyclic) bond motifs is 1. The van der Waals surface area contributed by atoms with Crippen molar-refractivity contribution in [1.82, 2.24) is 5.32 Å². The van der Waals surface area contributed by atoms with Crippen molar-refractivity contribution in [2.75, 3.05) is 0 Å². The summed E-state index contributed by atoms with van der Waals surface area (Å²) >= 11 is 3.42. The average molecular weight is 368 g/mol. The highest BCUT2D eigenvalue weighted by atomic mass is 79.9. The van der Waals surface area contributed by atoms with Crippen molar-refractivity contribution in [2.24, 2.45) is 0 Å². The van der Waals surface area contributed by atoms with Gasteiger partial charge in [0, 0.05) is 17.3 Å². The minimum atomic E-state index is -0.884. The van der Waals surface area contributed by atoms with Gasteiger partial charge in [-0.3, -0.25) is 9.59 Å². The molecule has 0 atom stereocenters. The van der Waals surface area contributed by atoms with E-state index in [1.54, 1.807) is 19.9 Å². The maximum Gasteiger partial charge on any atom is 0.303 e. The monoisotopic (exact) mass is 367 g/mol. The van der Waals surface area contributed by atoms with E-state index in [1.807, 2.05) is 19.1 Å². The van der Waals surface area contributed by atoms with Gasteiger partial charge in [0.05, 0.1) is 4.47 Å².